The molecule has 0 radical (unpaired) electrons. The Bertz CT molecular complexity index is 627. The van der Waals surface area contributed by atoms with Crippen molar-refractivity contribution in [2.75, 3.05) is 14.2 Å². The molecule has 0 saturated carbocycles. The Kier molecular flexibility index (Phi) is 4.24. The second kappa shape index (κ2) is 5.92. The van der Waals surface area contributed by atoms with Crippen LogP contribution >= 0.6 is 11.6 Å². The Hall–Kier alpha value is -2.08. The summed E-state index contributed by atoms with van der Waals surface area (Å²) >= 11 is 5.89. The normalized spacial score (nSPS) is 10.4. The maximum Gasteiger partial charge on any atom is 0.257 e. The fourth-order valence-corrected chi connectivity index (χ4v) is 1.96. The molecule has 1 aromatic heterocycles. The van der Waals surface area contributed by atoms with Crippen LogP contribution in [0.1, 0.15) is 16.2 Å². The van der Waals surface area contributed by atoms with Gasteiger partial charge >= 0.3 is 0 Å². The van der Waals surface area contributed by atoms with E-state index < -0.39 is 0 Å². The van der Waals surface area contributed by atoms with Gasteiger partial charge in [0.2, 0.25) is 0 Å². The van der Waals surface area contributed by atoms with Gasteiger partial charge in [-0.25, -0.2) is 4.98 Å². The van der Waals surface area contributed by atoms with Crippen LogP contribution in [0.4, 0.5) is 0 Å². The number of aryl methyl sites for hydroxylation is 1. The standard InChI is InChI=1S/C13H15ClN4O2/c1-17(7-12-15-8-16-18(12)2)13(19)10-5-4-9(14)6-11(10)20-3/h4-6,8H,7H2,1-3H3. The first-order valence-electron chi connectivity index (χ1n) is 5.94. The molecule has 0 aliphatic heterocycles. The summed E-state index contributed by atoms with van der Waals surface area (Å²) in [4.78, 5) is 18.1. The first-order chi connectivity index (χ1) is 9.52. The van der Waals surface area contributed by atoms with Gasteiger partial charge in [-0.2, -0.15) is 5.10 Å². The van der Waals surface area contributed by atoms with Crippen molar-refractivity contribution in [1.29, 1.82) is 0 Å². The van der Waals surface area contributed by atoms with E-state index in [0.29, 0.717) is 28.7 Å². The molecule has 20 heavy (non-hydrogen) atoms. The summed E-state index contributed by atoms with van der Waals surface area (Å²) in [5.74, 6) is 0.989. The van der Waals surface area contributed by atoms with Gasteiger partial charge in [0.1, 0.15) is 17.9 Å². The van der Waals surface area contributed by atoms with E-state index in [-0.39, 0.29) is 5.91 Å². The lowest BCUT2D eigenvalue weighted by Crippen LogP contribution is -2.28. The molecule has 1 aromatic carbocycles. The zero-order chi connectivity index (χ0) is 14.7. The quantitative estimate of drug-likeness (QED) is 0.862. The lowest BCUT2D eigenvalue weighted by Gasteiger charge is -2.18. The lowest BCUT2D eigenvalue weighted by molar-refractivity contribution is 0.0777. The molecule has 6 nitrogen and oxygen atoms in total. The summed E-state index contributed by atoms with van der Waals surface area (Å²) in [6, 6.07) is 4.93. The Balaban J connectivity index is 2.20. The molecule has 7 heteroatoms. The summed E-state index contributed by atoms with van der Waals surface area (Å²) in [5, 5.41) is 4.50. The van der Waals surface area contributed by atoms with E-state index in [9.17, 15) is 4.79 Å². The number of hydrogen-bond donors (Lipinski definition) is 0. The van der Waals surface area contributed by atoms with Crippen molar-refractivity contribution in [2.24, 2.45) is 7.05 Å². The van der Waals surface area contributed by atoms with E-state index in [1.165, 1.54) is 13.4 Å². The van der Waals surface area contributed by atoms with Gasteiger partial charge in [0.15, 0.2) is 0 Å². The van der Waals surface area contributed by atoms with Crippen molar-refractivity contribution in [1.82, 2.24) is 19.7 Å². The predicted molar refractivity (Wildman–Crippen MR) is 74.8 cm³/mol. The molecule has 2 aromatic rings. The van der Waals surface area contributed by atoms with E-state index in [4.69, 9.17) is 16.3 Å². The summed E-state index contributed by atoms with van der Waals surface area (Å²) < 4.78 is 6.82. The van der Waals surface area contributed by atoms with Crippen molar-refractivity contribution in [2.45, 2.75) is 6.54 Å². The first kappa shape index (κ1) is 14.3. The van der Waals surface area contributed by atoms with Gasteiger partial charge in [-0.3, -0.25) is 9.48 Å². The number of rotatable bonds is 4. The molecule has 106 valence electrons. The van der Waals surface area contributed by atoms with Gasteiger partial charge in [-0.05, 0) is 18.2 Å². The van der Waals surface area contributed by atoms with Crippen molar-refractivity contribution >= 4 is 17.5 Å². The number of carbonyl (C=O) groups excluding carboxylic acids is 1. The first-order valence-corrected chi connectivity index (χ1v) is 6.32. The fourth-order valence-electron chi connectivity index (χ4n) is 1.79. The Morgan fingerprint density at radius 2 is 2.25 bits per heavy atom. The smallest absolute Gasteiger partial charge is 0.257 e. The molecule has 1 heterocycles. The van der Waals surface area contributed by atoms with Crippen LogP contribution in [-0.4, -0.2) is 39.7 Å². The number of carbonyl (C=O) groups is 1. The van der Waals surface area contributed by atoms with Crippen molar-refractivity contribution in [3.05, 3.63) is 40.9 Å². The zero-order valence-electron chi connectivity index (χ0n) is 11.5. The maximum atomic E-state index is 12.4. The number of amides is 1. The van der Waals surface area contributed by atoms with Crippen LogP contribution in [0.3, 0.4) is 0 Å². The van der Waals surface area contributed by atoms with Gasteiger partial charge in [-0.1, -0.05) is 11.6 Å². The van der Waals surface area contributed by atoms with E-state index in [1.54, 1.807) is 41.9 Å². The molecule has 0 bridgehead atoms. The molecule has 0 atom stereocenters. The van der Waals surface area contributed by atoms with Gasteiger partial charge in [0.05, 0.1) is 19.2 Å². The molecule has 1 amide bonds. The van der Waals surface area contributed by atoms with Crippen molar-refractivity contribution in [3.63, 3.8) is 0 Å². The summed E-state index contributed by atoms with van der Waals surface area (Å²) in [5.41, 5.74) is 0.460. The average Bonchev–Trinajstić information content (AvgIpc) is 2.83. The van der Waals surface area contributed by atoms with Gasteiger partial charge in [0, 0.05) is 19.1 Å². The lowest BCUT2D eigenvalue weighted by atomic mass is 10.1. The summed E-state index contributed by atoms with van der Waals surface area (Å²) in [7, 11) is 4.99. The Labute approximate surface area is 121 Å². The monoisotopic (exact) mass is 294 g/mol. The van der Waals surface area contributed by atoms with Crippen molar-refractivity contribution < 1.29 is 9.53 Å². The summed E-state index contributed by atoms with van der Waals surface area (Å²) in [6.45, 7) is 0.362. The molecule has 2 rings (SSSR count). The van der Waals surface area contributed by atoms with Gasteiger partial charge in [0.25, 0.3) is 5.91 Å². The highest BCUT2D eigenvalue weighted by molar-refractivity contribution is 6.30. The van der Waals surface area contributed by atoms with E-state index in [0.717, 1.165) is 0 Å². The number of hydrogen-bond acceptors (Lipinski definition) is 4. The highest BCUT2D eigenvalue weighted by atomic mass is 35.5. The number of nitrogens with zero attached hydrogens (tertiary/aromatic N) is 4. The number of methoxy groups -OCH3 is 1. The fraction of sp³-hybridized carbons (Fsp3) is 0.308. The van der Waals surface area contributed by atoms with Crippen LogP contribution in [0.15, 0.2) is 24.5 Å². The van der Waals surface area contributed by atoms with Gasteiger partial charge < -0.3 is 9.64 Å². The molecular weight excluding hydrogens is 280 g/mol. The molecule has 0 N–H and O–H groups in total. The average molecular weight is 295 g/mol. The SMILES string of the molecule is COc1cc(Cl)ccc1C(=O)N(C)Cc1ncnn1C. The minimum atomic E-state index is -0.165. The number of benzene rings is 1. The van der Waals surface area contributed by atoms with Crippen LogP contribution in [0.5, 0.6) is 5.75 Å². The second-order valence-corrected chi connectivity index (χ2v) is 4.74. The molecule has 0 spiro atoms. The third kappa shape index (κ3) is 2.91. The highest BCUT2D eigenvalue weighted by Gasteiger charge is 2.18. The molecule has 0 unspecified atom stereocenters. The molecular formula is C13H15ClN4O2. The third-order valence-corrected chi connectivity index (χ3v) is 3.16. The second-order valence-electron chi connectivity index (χ2n) is 4.31. The van der Waals surface area contributed by atoms with Crippen LogP contribution in [-0.2, 0) is 13.6 Å². The summed E-state index contributed by atoms with van der Waals surface area (Å²) in [6.07, 6.45) is 1.45. The zero-order valence-corrected chi connectivity index (χ0v) is 12.3. The number of ether oxygens (including phenoxy) is 1. The van der Waals surface area contributed by atoms with E-state index >= 15 is 0 Å². The van der Waals surface area contributed by atoms with Crippen LogP contribution in [0, 0.1) is 0 Å². The third-order valence-electron chi connectivity index (χ3n) is 2.92. The molecule has 0 saturated heterocycles. The predicted octanol–water partition coefficient (Wildman–Crippen LogP) is 1.75. The van der Waals surface area contributed by atoms with Crippen molar-refractivity contribution in [3.8, 4) is 5.75 Å². The van der Waals surface area contributed by atoms with Crippen LogP contribution in [0.2, 0.25) is 5.02 Å². The maximum absolute atomic E-state index is 12.4. The number of halogens is 1. The Morgan fingerprint density at radius 3 is 2.85 bits per heavy atom. The molecule has 0 aliphatic rings. The van der Waals surface area contributed by atoms with Gasteiger partial charge in [-0.15, -0.1) is 0 Å². The largest absolute Gasteiger partial charge is 0.496 e. The topological polar surface area (TPSA) is 60.2 Å². The Morgan fingerprint density at radius 1 is 1.50 bits per heavy atom. The van der Waals surface area contributed by atoms with Crippen LogP contribution in [0.25, 0.3) is 0 Å². The van der Waals surface area contributed by atoms with E-state index in [1.807, 2.05) is 0 Å². The number of aromatic nitrogens is 3. The minimum Gasteiger partial charge on any atom is -0.496 e. The van der Waals surface area contributed by atoms with E-state index in [2.05, 4.69) is 10.1 Å². The highest BCUT2D eigenvalue weighted by Crippen LogP contribution is 2.24. The van der Waals surface area contributed by atoms with Crippen LogP contribution < -0.4 is 4.74 Å². The molecule has 0 aliphatic carbocycles. The minimum absolute atomic E-state index is 0.165. The molecule has 0 fully saturated rings.